The molecule has 20 heavy (non-hydrogen) atoms. The van der Waals surface area contributed by atoms with E-state index >= 15 is 0 Å². The summed E-state index contributed by atoms with van der Waals surface area (Å²) >= 11 is 0. The summed E-state index contributed by atoms with van der Waals surface area (Å²) in [6.07, 6.45) is 5.75. The molecule has 0 unspecified atom stereocenters. The number of nitrogens with one attached hydrogen (secondary N) is 1. The number of hydrogen-bond donors (Lipinski definition) is 2. The van der Waals surface area contributed by atoms with E-state index in [1.165, 1.54) is 0 Å². The zero-order valence-corrected chi connectivity index (χ0v) is 11.4. The van der Waals surface area contributed by atoms with Crippen LogP contribution in [0.4, 0.5) is 0 Å². The van der Waals surface area contributed by atoms with Crippen LogP contribution in [0.25, 0.3) is 11.4 Å². The number of pyridine rings is 1. The molecule has 1 aliphatic rings. The van der Waals surface area contributed by atoms with Crippen LogP contribution in [-0.4, -0.2) is 20.1 Å². The van der Waals surface area contributed by atoms with Gasteiger partial charge in [-0.25, -0.2) is 0 Å². The molecule has 0 atom stereocenters. The lowest BCUT2D eigenvalue weighted by atomic mass is 10.00. The molecule has 0 saturated heterocycles. The van der Waals surface area contributed by atoms with E-state index in [-0.39, 0.29) is 17.4 Å². The van der Waals surface area contributed by atoms with E-state index in [4.69, 9.17) is 0 Å². The largest absolute Gasteiger partial charge is 0.493 e. The van der Waals surface area contributed by atoms with Crippen LogP contribution >= 0.6 is 0 Å². The van der Waals surface area contributed by atoms with Gasteiger partial charge in [-0.1, -0.05) is 12.8 Å². The van der Waals surface area contributed by atoms with Crippen LogP contribution in [-0.2, 0) is 0 Å². The topological polar surface area (TPSA) is 78.9 Å². The molecule has 0 bridgehead atoms. The third-order valence-corrected chi connectivity index (χ3v) is 3.88. The van der Waals surface area contributed by atoms with Crippen LogP contribution in [0.15, 0.2) is 23.1 Å². The number of aromatic amines is 1. The van der Waals surface area contributed by atoms with Gasteiger partial charge in [0.15, 0.2) is 0 Å². The van der Waals surface area contributed by atoms with Gasteiger partial charge in [-0.05, 0) is 37.8 Å². The van der Waals surface area contributed by atoms with Crippen LogP contribution in [0.3, 0.4) is 0 Å². The Kier molecular flexibility index (Phi) is 3.26. The first-order chi connectivity index (χ1) is 9.65. The normalized spacial score (nSPS) is 15.7. The third-order valence-electron chi connectivity index (χ3n) is 3.88. The Morgan fingerprint density at radius 3 is 2.65 bits per heavy atom. The van der Waals surface area contributed by atoms with Crippen molar-refractivity contribution in [2.24, 2.45) is 0 Å². The fourth-order valence-corrected chi connectivity index (χ4v) is 2.80. The quantitative estimate of drug-likeness (QED) is 0.879. The number of rotatable bonds is 2. The highest BCUT2D eigenvalue weighted by Gasteiger charge is 2.24. The summed E-state index contributed by atoms with van der Waals surface area (Å²) in [6, 6.07) is 3.67. The van der Waals surface area contributed by atoms with Gasteiger partial charge in [0.1, 0.15) is 5.82 Å². The second kappa shape index (κ2) is 5.07. The number of hydrogen-bond acceptors (Lipinski definition) is 4. The van der Waals surface area contributed by atoms with Crippen LogP contribution in [0.2, 0.25) is 0 Å². The molecule has 1 saturated carbocycles. The molecule has 5 nitrogen and oxygen atoms in total. The van der Waals surface area contributed by atoms with Gasteiger partial charge in [0, 0.05) is 17.5 Å². The molecule has 0 aliphatic heterocycles. The van der Waals surface area contributed by atoms with Crippen molar-refractivity contribution in [2.75, 3.05) is 0 Å². The zero-order valence-electron chi connectivity index (χ0n) is 11.4. The van der Waals surface area contributed by atoms with E-state index in [2.05, 4.69) is 15.0 Å². The van der Waals surface area contributed by atoms with Crippen molar-refractivity contribution >= 4 is 0 Å². The van der Waals surface area contributed by atoms with Crippen molar-refractivity contribution in [3.8, 4) is 17.3 Å². The summed E-state index contributed by atoms with van der Waals surface area (Å²) in [5.74, 6) is 0.356. The van der Waals surface area contributed by atoms with Crippen molar-refractivity contribution in [3.63, 3.8) is 0 Å². The average Bonchev–Trinajstić information content (AvgIpc) is 2.92. The minimum atomic E-state index is -0.236. The van der Waals surface area contributed by atoms with E-state index in [1.807, 2.05) is 19.1 Å². The van der Waals surface area contributed by atoms with Crippen molar-refractivity contribution < 1.29 is 5.11 Å². The Bertz CT molecular complexity index is 671. The first kappa shape index (κ1) is 12.8. The lowest BCUT2D eigenvalue weighted by Crippen LogP contribution is -2.17. The van der Waals surface area contributed by atoms with Gasteiger partial charge < -0.3 is 10.1 Å². The predicted molar refractivity (Wildman–Crippen MR) is 75.7 cm³/mol. The molecule has 0 amide bonds. The Morgan fingerprint density at radius 2 is 2.05 bits per heavy atom. The van der Waals surface area contributed by atoms with Gasteiger partial charge in [-0.2, -0.15) is 4.98 Å². The molecule has 2 aromatic heterocycles. The van der Waals surface area contributed by atoms with Gasteiger partial charge in [0.05, 0.1) is 5.56 Å². The predicted octanol–water partition coefficient (Wildman–Crippen LogP) is 2.50. The van der Waals surface area contributed by atoms with Crippen LogP contribution < -0.4 is 5.56 Å². The second-order valence-electron chi connectivity index (χ2n) is 5.32. The lowest BCUT2D eigenvalue weighted by molar-refractivity contribution is 0.436. The molecule has 1 aliphatic carbocycles. The molecule has 0 radical (unpaired) electrons. The number of aromatic nitrogens is 3. The van der Waals surface area contributed by atoms with E-state index in [1.54, 1.807) is 6.20 Å². The number of H-pyrrole nitrogens is 1. The molecule has 2 aromatic rings. The first-order valence-electron chi connectivity index (χ1n) is 6.91. The highest BCUT2D eigenvalue weighted by Crippen LogP contribution is 2.35. The minimum Gasteiger partial charge on any atom is -0.493 e. The average molecular weight is 271 g/mol. The molecular formula is C15H17N3O2. The van der Waals surface area contributed by atoms with Crippen molar-refractivity contribution in [2.45, 2.75) is 38.5 Å². The Morgan fingerprint density at radius 1 is 1.30 bits per heavy atom. The number of aryl methyl sites for hydroxylation is 1. The van der Waals surface area contributed by atoms with Gasteiger partial charge in [-0.3, -0.25) is 9.78 Å². The third kappa shape index (κ3) is 2.31. The first-order valence-corrected chi connectivity index (χ1v) is 6.91. The van der Waals surface area contributed by atoms with Crippen molar-refractivity contribution in [1.29, 1.82) is 0 Å². The molecule has 2 N–H and O–H groups in total. The minimum absolute atomic E-state index is 0.136. The van der Waals surface area contributed by atoms with E-state index in [9.17, 15) is 9.90 Å². The summed E-state index contributed by atoms with van der Waals surface area (Å²) in [5.41, 5.74) is 1.79. The number of aromatic hydroxyl groups is 1. The van der Waals surface area contributed by atoms with Crippen molar-refractivity contribution in [1.82, 2.24) is 15.0 Å². The van der Waals surface area contributed by atoms with Gasteiger partial charge in [0.2, 0.25) is 5.88 Å². The Balaban J connectivity index is 2.03. The van der Waals surface area contributed by atoms with E-state index in [0.717, 1.165) is 31.4 Å². The molecule has 3 rings (SSSR count). The zero-order chi connectivity index (χ0) is 14.1. The molecular weight excluding hydrogens is 254 g/mol. The van der Waals surface area contributed by atoms with Gasteiger partial charge in [-0.15, -0.1) is 0 Å². The second-order valence-corrected chi connectivity index (χ2v) is 5.32. The molecule has 104 valence electrons. The smallest absolute Gasteiger partial charge is 0.258 e. The molecule has 0 aromatic carbocycles. The molecule has 0 spiro atoms. The Hall–Kier alpha value is -2.17. The summed E-state index contributed by atoms with van der Waals surface area (Å²) < 4.78 is 0. The highest BCUT2D eigenvalue weighted by atomic mass is 16.3. The standard InChI is InChI=1S/C15H17N3O2/c1-9-6-7-11(8-16-9)13-17-14(19)12(15(20)18-13)10-4-2-3-5-10/h6-8,10H,2-5H2,1H3,(H2,17,18,19,20). The maximum Gasteiger partial charge on any atom is 0.258 e. The maximum atomic E-state index is 12.2. The number of nitrogens with zero attached hydrogens (tertiary/aromatic N) is 2. The molecule has 5 heteroatoms. The van der Waals surface area contributed by atoms with Gasteiger partial charge in [0.25, 0.3) is 5.56 Å². The summed E-state index contributed by atoms with van der Waals surface area (Å²) in [6.45, 7) is 1.89. The fourth-order valence-electron chi connectivity index (χ4n) is 2.80. The van der Waals surface area contributed by atoms with Crippen LogP contribution in [0.1, 0.15) is 42.9 Å². The van der Waals surface area contributed by atoms with Gasteiger partial charge >= 0.3 is 0 Å². The monoisotopic (exact) mass is 271 g/mol. The Labute approximate surface area is 116 Å². The van der Waals surface area contributed by atoms with Crippen LogP contribution in [0, 0.1) is 6.92 Å². The maximum absolute atomic E-state index is 12.2. The molecule has 2 heterocycles. The summed E-state index contributed by atoms with van der Waals surface area (Å²) in [5, 5.41) is 10.1. The van der Waals surface area contributed by atoms with E-state index < -0.39 is 0 Å². The summed E-state index contributed by atoms with van der Waals surface area (Å²) in [7, 11) is 0. The summed E-state index contributed by atoms with van der Waals surface area (Å²) in [4.78, 5) is 23.3. The fraction of sp³-hybridized carbons (Fsp3) is 0.400. The highest BCUT2D eigenvalue weighted by molar-refractivity contribution is 5.54. The lowest BCUT2D eigenvalue weighted by Gasteiger charge is -2.11. The SMILES string of the molecule is Cc1ccc(-c2nc(O)c(C3CCCC3)c(=O)[nH]2)cn1. The molecule has 1 fully saturated rings. The van der Waals surface area contributed by atoms with E-state index in [0.29, 0.717) is 17.0 Å². The van der Waals surface area contributed by atoms with Crippen LogP contribution in [0.5, 0.6) is 5.88 Å². The van der Waals surface area contributed by atoms with Crippen molar-refractivity contribution in [3.05, 3.63) is 39.9 Å².